The summed E-state index contributed by atoms with van der Waals surface area (Å²) in [4.78, 5) is 24.1. The summed E-state index contributed by atoms with van der Waals surface area (Å²) in [6, 6.07) is 10.3. The van der Waals surface area contributed by atoms with Crippen LogP contribution in [0.1, 0.15) is 12.8 Å². The van der Waals surface area contributed by atoms with Crippen molar-refractivity contribution in [3.63, 3.8) is 0 Å². The Hall–Kier alpha value is -2.08. The van der Waals surface area contributed by atoms with Crippen molar-refractivity contribution >= 4 is 23.5 Å². The first-order chi connectivity index (χ1) is 11.8. The lowest BCUT2D eigenvalue weighted by atomic mass is 9.96. The fourth-order valence-corrected chi connectivity index (χ4v) is 3.62. The average Bonchev–Trinajstić information content (AvgIpc) is 2.67. The molecule has 1 aliphatic rings. The molecule has 2 heterocycles. The maximum absolute atomic E-state index is 12.3. The molecule has 0 aliphatic carbocycles. The van der Waals surface area contributed by atoms with Crippen molar-refractivity contribution in [2.24, 2.45) is 5.92 Å². The van der Waals surface area contributed by atoms with Crippen molar-refractivity contribution in [2.75, 3.05) is 30.3 Å². The molecule has 0 saturated carbocycles. The normalized spacial score (nSPS) is 15.2. The quantitative estimate of drug-likeness (QED) is 0.646. The lowest BCUT2D eigenvalue weighted by molar-refractivity contribution is -0.125. The van der Waals surface area contributed by atoms with Gasteiger partial charge in [-0.2, -0.15) is 0 Å². The molecule has 24 heavy (non-hydrogen) atoms. The fourth-order valence-electron chi connectivity index (χ4n) is 2.83. The van der Waals surface area contributed by atoms with Gasteiger partial charge in [0, 0.05) is 48.6 Å². The minimum absolute atomic E-state index is 0.111. The molecule has 6 heteroatoms. The molecule has 1 saturated heterocycles. The Balaban J connectivity index is 1.36. The van der Waals surface area contributed by atoms with Gasteiger partial charge in [0.05, 0.1) is 6.20 Å². The number of nitrogens with one attached hydrogen (secondary N) is 1. The number of rotatable bonds is 6. The number of hydrogen-bond donors (Lipinski definition) is 1. The van der Waals surface area contributed by atoms with E-state index in [1.807, 2.05) is 18.2 Å². The summed E-state index contributed by atoms with van der Waals surface area (Å²) in [6.07, 6.45) is 6.90. The zero-order valence-electron chi connectivity index (χ0n) is 13.6. The molecule has 1 fully saturated rings. The molecular weight excluding hydrogens is 320 g/mol. The molecule has 126 valence electrons. The van der Waals surface area contributed by atoms with Crippen molar-refractivity contribution < 1.29 is 4.79 Å². The lowest BCUT2D eigenvalue weighted by Gasteiger charge is -2.31. The Morgan fingerprint density at radius 1 is 1.21 bits per heavy atom. The van der Waals surface area contributed by atoms with E-state index >= 15 is 0 Å². The molecule has 5 nitrogen and oxygen atoms in total. The SMILES string of the molecule is O=C(NCCSc1ccccc1)C1CCN(c2cnccn2)CC1. The predicted octanol–water partition coefficient (Wildman–Crippen LogP) is 2.60. The molecule has 1 aliphatic heterocycles. The van der Waals surface area contributed by atoms with Crippen LogP contribution in [0.25, 0.3) is 0 Å². The molecule has 2 aromatic rings. The van der Waals surface area contributed by atoms with Crippen LogP contribution in [0.2, 0.25) is 0 Å². The van der Waals surface area contributed by atoms with Crippen molar-refractivity contribution in [1.82, 2.24) is 15.3 Å². The smallest absolute Gasteiger partial charge is 0.223 e. The number of piperidine rings is 1. The second kappa shape index (κ2) is 8.68. The highest BCUT2D eigenvalue weighted by atomic mass is 32.2. The number of nitrogens with zero attached hydrogens (tertiary/aromatic N) is 3. The van der Waals surface area contributed by atoms with Crippen LogP contribution in [0.5, 0.6) is 0 Å². The molecule has 0 atom stereocenters. The number of carbonyl (C=O) groups is 1. The first-order valence-electron chi connectivity index (χ1n) is 8.29. The third-order valence-electron chi connectivity index (χ3n) is 4.15. The molecule has 0 spiro atoms. The molecule has 1 aromatic heterocycles. The van der Waals surface area contributed by atoms with E-state index in [0.717, 1.165) is 37.5 Å². The standard InChI is InChI=1S/C18H22N4OS/c23-18(21-10-13-24-16-4-2-1-3-5-16)15-6-11-22(12-7-15)17-14-19-8-9-20-17/h1-5,8-9,14-15H,6-7,10-13H2,(H,21,23). The van der Waals surface area contributed by atoms with E-state index < -0.39 is 0 Å². The molecule has 0 unspecified atom stereocenters. The van der Waals surface area contributed by atoms with Gasteiger partial charge in [-0.15, -0.1) is 11.8 Å². The summed E-state index contributed by atoms with van der Waals surface area (Å²) in [5, 5.41) is 3.07. The largest absolute Gasteiger partial charge is 0.355 e. The van der Waals surface area contributed by atoms with E-state index in [4.69, 9.17) is 0 Å². The molecule has 1 N–H and O–H groups in total. The van der Waals surface area contributed by atoms with Gasteiger partial charge in [-0.3, -0.25) is 9.78 Å². The third-order valence-corrected chi connectivity index (χ3v) is 5.17. The van der Waals surface area contributed by atoms with E-state index in [9.17, 15) is 4.79 Å². The Kier molecular flexibility index (Phi) is 6.07. The summed E-state index contributed by atoms with van der Waals surface area (Å²) < 4.78 is 0. The van der Waals surface area contributed by atoms with E-state index in [1.165, 1.54) is 4.90 Å². The van der Waals surface area contributed by atoms with Crippen LogP contribution in [-0.4, -0.2) is 41.3 Å². The minimum atomic E-state index is 0.111. The van der Waals surface area contributed by atoms with Crippen LogP contribution in [-0.2, 0) is 4.79 Å². The lowest BCUT2D eigenvalue weighted by Crippen LogP contribution is -2.41. The minimum Gasteiger partial charge on any atom is -0.355 e. The monoisotopic (exact) mass is 342 g/mol. The predicted molar refractivity (Wildman–Crippen MR) is 97.1 cm³/mol. The second-order valence-corrected chi connectivity index (χ2v) is 6.95. The maximum Gasteiger partial charge on any atom is 0.223 e. The molecule has 1 amide bonds. The summed E-state index contributed by atoms with van der Waals surface area (Å²) in [6.45, 7) is 2.42. The number of anilines is 1. The van der Waals surface area contributed by atoms with E-state index in [0.29, 0.717) is 6.54 Å². The van der Waals surface area contributed by atoms with Crippen LogP contribution >= 0.6 is 11.8 Å². The zero-order chi connectivity index (χ0) is 16.6. The van der Waals surface area contributed by atoms with Gasteiger partial charge in [0.1, 0.15) is 5.82 Å². The maximum atomic E-state index is 12.3. The van der Waals surface area contributed by atoms with Gasteiger partial charge in [-0.25, -0.2) is 4.98 Å². The topological polar surface area (TPSA) is 58.1 Å². The van der Waals surface area contributed by atoms with Crippen LogP contribution in [0.4, 0.5) is 5.82 Å². The highest BCUT2D eigenvalue weighted by molar-refractivity contribution is 7.99. The Morgan fingerprint density at radius 2 is 2.00 bits per heavy atom. The first kappa shape index (κ1) is 16.8. The number of amides is 1. The first-order valence-corrected chi connectivity index (χ1v) is 9.28. The van der Waals surface area contributed by atoms with E-state index in [1.54, 1.807) is 30.4 Å². The van der Waals surface area contributed by atoms with Gasteiger partial charge < -0.3 is 10.2 Å². The van der Waals surface area contributed by atoms with Crippen molar-refractivity contribution in [3.8, 4) is 0 Å². The highest BCUT2D eigenvalue weighted by Crippen LogP contribution is 2.21. The molecular formula is C18H22N4OS. The molecule has 0 radical (unpaired) electrons. The van der Waals surface area contributed by atoms with Gasteiger partial charge in [0.2, 0.25) is 5.91 Å². The highest BCUT2D eigenvalue weighted by Gasteiger charge is 2.25. The summed E-state index contributed by atoms with van der Waals surface area (Å²) >= 11 is 1.77. The van der Waals surface area contributed by atoms with Gasteiger partial charge >= 0.3 is 0 Å². The van der Waals surface area contributed by atoms with Crippen molar-refractivity contribution in [3.05, 3.63) is 48.9 Å². The summed E-state index contributed by atoms with van der Waals surface area (Å²) in [7, 11) is 0. The molecule has 0 bridgehead atoms. The van der Waals surface area contributed by atoms with E-state index in [-0.39, 0.29) is 11.8 Å². The van der Waals surface area contributed by atoms with Crippen molar-refractivity contribution in [2.45, 2.75) is 17.7 Å². The van der Waals surface area contributed by atoms with Crippen molar-refractivity contribution in [1.29, 1.82) is 0 Å². The van der Waals surface area contributed by atoms with Gasteiger partial charge in [0.15, 0.2) is 0 Å². The van der Waals surface area contributed by atoms with Crippen LogP contribution in [0.15, 0.2) is 53.8 Å². The number of thioether (sulfide) groups is 1. The van der Waals surface area contributed by atoms with Crippen LogP contribution < -0.4 is 10.2 Å². The Morgan fingerprint density at radius 3 is 2.71 bits per heavy atom. The number of aromatic nitrogens is 2. The average molecular weight is 342 g/mol. The van der Waals surface area contributed by atoms with Gasteiger partial charge in [0.25, 0.3) is 0 Å². The third kappa shape index (κ3) is 4.71. The fraction of sp³-hybridized carbons (Fsp3) is 0.389. The molecule has 3 rings (SSSR count). The van der Waals surface area contributed by atoms with Crippen LogP contribution in [0, 0.1) is 5.92 Å². The summed E-state index contributed by atoms with van der Waals surface area (Å²) in [5.74, 6) is 2.09. The number of benzene rings is 1. The summed E-state index contributed by atoms with van der Waals surface area (Å²) in [5.41, 5.74) is 0. The van der Waals surface area contributed by atoms with Crippen LogP contribution in [0.3, 0.4) is 0 Å². The zero-order valence-corrected chi connectivity index (χ0v) is 14.4. The Labute approximate surface area is 146 Å². The van der Waals surface area contributed by atoms with E-state index in [2.05, 4.69) is 32.3 Å². The van der Waals surface area contributed by atoms with Gasteiger partial charge in [-0.05, 0) is 25.0 Å². The number of hydrogen-bond acceptors (Lipinski definition) is 5. The molecule has 1 aromatic carbocycles. The Bertz CT molecular complexity index is 630. The van der Waals surface area contributed by atoms with Gasteiger partial charge in [-0.1, -0.05) is 18.2 Å². The second-order valence-electron chi connectivity index (χ2n) is 5.78. The number of carbonyl (C=O) groups excluding carboxylic acids is 1.